The number of amides is 1. The number of aryl methyl sites for hydroxylation is 1. The molecule has 23 heavy (non-hydrogen) atoms. The summed E-state index contributed by atoms with van der Waals surface area (Å²) in [5.74, 6) is -0.0318. The van der Waals surface area contributed by atoms with Gasteiger partial charge in [-0.25, -0.2) is 0 Å². The number of hydrogen-bond acceptors (Lipinski definition) is 2. The summed E-state index contributed by atoms with van der Waals surface area (Å²) in [6, 6.07) is 14.0. The Morgan fingerprint density at radius 3 is 2.48 bits per heavy atom. The van der Waals surface area contributed by atoms with Gasteiger partial charge in [-0.05, 0) is 62.4 Å². The van der Waals surface area contributed by atoms with E-state index >= 15 is 0 Å². The highest BCUT2D eigenvalue weighted by Crippen LogP contribution is 2.29. The maximum atomic E-state index is 12.7. The van der Waals surface area contributed by atoms with Gasteiger partial charge in [-0.3, -0.25) is 4.79 Å². The maximum Gasteiger partial charge on any atom is 0.255 e. The minimum atomic E-state index is -0.0318. The van der Waals surface area contributed by atoms with Crippen LogP contribution < -0.4 is 10.2 Å². The van der Waals surface area contributed by atoms with Gasteiger partial charge in [0.2, 0.25) is 0 Å². The molecule has 1 aliphatic rings. The van der Waals surface area contributed by atoms with Gasteiger partial charge in [-0.15, -0.1) is 0 Å². The number of rotatable bonds is 3. The Kier molecular flexibility index (Phi) is 4.65. The molecule has 0 atom stereocenters. The molecule has 0 aromatic heterocycles. The molecule has 1 heterocycles. The van der Waals surface area contributed by atoms with Crippen LogP contribution >= 0.6 is 0 Å². The van der Waals surface area contributed by atoms with Crippen molar-refractivity contribution in [2.45, 2.75) is 33.1 Å². The quantitative estimate of drug-likeness (QED) is 0.902. The molecule has 2 aromatic rings. The van der Waals surface area contributed by atoms with Crippen LogP contribution in [-0.2, 0) is 0 Å². The average molecular weight is 308 g/mol. The zero-order chi connectivity index (χ0) is 16.2. The third kappa shape index (κ3) is 3.39. The van der Waals surface area contributed by atoms with Crippen molar-refractivity contribution in [2.75, 3.05) is 23.3 Å². The van der Waals surface area contributed by atoms with Gasteiger partial charge in [0.05, 0.1) is 11.4 Å². The van der Waals surface area contributed by atoms with Gasteiger partial charge < -0.3 is 10.2 Å². The van der Waals surface area contributed by atoms with Gasteiger partial charge in [0.1, 0.15) is 0 Å². The standard InChI is InChI=1S/C20H24N2O/c1-15-9-8-10-17(16(15)2)20(23)21-18-11-4-5-12-19(18)22-13-6-3-7-14-22/h4-5,8-12H,3,6-7,13-14H2,1-2H3,(H,21,23). The fraction of sp³-hybridized carbons (Fsp3) is 0.350. The van der Waals surface area contributed by atoms with Crippen LogP contribution in [-0.4, -0.2) is 19.0 Å². The van der Waals surface area contributed by atoms with E-state index < -0.39 is 0 Å². The molecule has 0 spiro atoms. The Labute approximate surface area is 138 Å². The first kappa shape index (κ1) is 15.6. The highest BCUT2D eigenvalue weighted by Gasteiger charge is 2.17. The molecular formula is C20H24N2O. The van der Waals surface area contributed by atoms with Gasteiger partial charge in [0.15, 0.2) is 0 Å². The monoisotopic (exact) mass is 308 g/mol. The van der Waals surface area contributed by atoms with Crippen LogP contribution in [0.1, 0.15) is 40.7 Å². The molecule has 2 aromatic carbocycles. The van der Waals surface area contributed by atoms with E-state index in [1.807, 2.05) is 50.2 Å². The van der Waals surface area contributed by atoms with Gasteiger partial charge in [0.25, 0.3) is 5.91 Å². The van der Waals surface area contributed by atoms with Crippen LogP contribution in [0, 0.1) is 13.8 Å². The first-order chi connectivity index (χ1) is 11.2. The molecule has 1 saturated heterocycles. The second-order valence-corrected chi connectivity index (χ2v) is 6.27. The number of nitrogens with zero attached hydrogens (tertiary/aromatic N) is 1. The summed E-state index contributed by atoms with van der Waals surface area (Å²) in [5.41, 5.74) is 4.96. The summed E-state index contributed by atoms with van der Waals surface area (Å²) in [4.78, 5) is 15.1. The van der Waals surface area contributed by atoms with Crippen molar-refractivity contribution >= 4 is 17.3 Å². The summed E-state index contributed by atoms with van der Waals surface area (Å²) in [6.45, 7) is 6.17. The predicted molar refractivity (Wildman–Crippen MR) is 96.4 cm³/mol. The molecule has 1 N–H and O–H groups in total. The highest BCUT2D eigenvalue weighted by molar-refractivity contribution is 6.07. The first-order valence-corrected chi connectivity index (χ1v) is 8.38. The molecule has 120 valence electrons. The maximum absolute atomic E-state index is 12.7. The Morgan fingerprint density at radius 1 is 0.957 bits per heavy atom. The van der Waals surface area contributed by atoms with Crippen molar-refractivity contribution in [1.82, 2.24) is 0 Å². The van der Waals surface area contributed by atoms with Gasteiger partial charge in [-0.1, -0.05) is 24.3 Å². The zero-order valence-electron chi connectivity index (χ0n) is 13.9. The van der Waals surface area contributed by atoms with Crippen molar-refractivity contribution in [3.63, 3.8) is 0 Å². The normalized spacial score (nSPS) is 14.6. The lowest BCUT2D eigenvalue weighted by molar-refractivity contribution is 0.102. The van der Waals surface area contributed by atoms with E-state index in [0.717, 1.165) is 41.2 Å². The van der Waals surface area contributed by atoms with E-state index in [1.165, 1.54) is 19.3 Å². The van der Waals surface area contributed by atoms with Crippen molar-refractivity contribution in [2.24, 2.45) is 0 Å². The number of benzene rings is 2. The summed E-state index contributed by atoms with van der Waals surface area (Å²) in [7, 11) is 0. The number of carbonyl (C=O) groups is 1. The Morgan fingerprint density at radius 2 is 1.70 bits per heavy atom. The van der Waals surface area contributed by atoms with E-state index in [4.69, 9.17) is 0 Å². The van der Waals surface area contributed by atoms with Gasteiger partial charge in [0, 0.05) is 18.7 Å². The fourth-order valence-electron chi connectivity index (χ4n) is 3.18. The number of nitrogens with one attached hydrogen (secondary N) is 1. The SMILES string of the molecule is Cc1cccc(C(=O)Nc2ccccc2N2CCCCC2)c1C. The van der Waals surface area contributed by atoms with Crippen LogP contribution in [0.4, 0.5) is 11.4 Å². The lowest BCUT2D eigenvalue weighted by Gasteiger charge is -2.30. The second-order valence-electron chi connectivity index (χ2n) is 6.27. The van der Waals surface area contributed by atoms with E-state index in [9.17, 15) is 4.79 Å². The lowest BCUT2D eigenvalue weighted by atomic mass is 10.0. The van der Waals surface area contributed by atoms with Crippen molar-refractivity contribution < 1.29 is 4.79 Å². The van der Waals surface area contributed by atoms with Crippen molar-refractivity contribution in [1.29, 1.82) is 0 Å². The summed E-state index contributed by atoms with van der Waals surface area (Å²) >= 11 is 0. The topological polar surface area (TPSA) is 32.3 Å². The van der Waals surface area contributed by atoms with Crippen LogP contribution in [0.25, 0.3) is 0 Å². The number of hydrogen-bond donors (Lipinski definition) is 1. The minimum absolute atomic E-state index is 0.0318. The molecule has 0 aliphatic carbocycles. The fourth-order valence-corrected chi connectivity index (χ4v) is 3.18. The summed E-state index contributed by atoms with van der Waals surface area (Å²) < 4.78 is 0. The van der Waals surface area contributed by atoms with Crippen LogP contribution in [0.15, 0.2) is 42.5 Å². The molecule has 1 amide bonds. The smallest absolute Gasteiger partial charge is 0.255 e. The molecule has 3 nitrogen and oxygen atoms in total. The van der Waals surface area contributed by atoms with Gasteiger partial charge in [-0.2, -0.15) is 0 Å². The van der Waals surface area contributed by atoms with Crippen molar-refractivity contribution in [3.8, 4) is 0 Å². The van der Waals surface area contributed by atoms with E-state index in [-0.39, 0.29) is 5.91 Å². The van der Waals surface area contributed by atoms with E-state index in [0.29, 0.717) is 0 Å². The Hall–Kier alpha value is -2.29. The molecule has 3 heteroatoms. The molecule has 0 saturated carbocycles. The Bertz CT molecular complexity index is 703. The molecule has 0 bridgehead atoms. The summed E-state index contributed by atoms with van der Waals surface area (Å²) in [5, 5.41) is 3.11. The minimum Gasteiger partial charge on any atom is -0.370 e. The Balaban J connectivity index is 1.85. The highest BCUT2D eigenvalue weighted by atomic mass is 16.1. The van der Waals surface area contributed by atoms with Gasteiger partial charge >= 0.3 is 0 Å². The molecule has 0 unspecified atom stereocenters. The number of carbonyl (C=O) groups excluding carboxylic acids is 1. The number of piperidine rings is 1. The first-order valence-electron chi connectivity index (χ1n) is 8.38. The zero-order valence-corrected chi connectivity index (χ0v) is 13.9. The lowest BCUT2D eigenvalue weighted by Crippen LogP contribution is -2.30. The average Bonchev–Trinajstić information content (AvgIpc) is 2.58. The molecular weight excluding hydrogens is 284 g/mol. The second kappa shape index (κ2) is 6.86. The number of para-hydroxylation sites is 2. The van der Waals surface area contributed by atoms with Crippen molar-refractivity contribution in [3.05, 3.63) is 59.2 Å². The molecule has 0 radical (unpaired) electrons. The van der Waals surface area contributed by atoms with Crippen LogP contribution in [0.3, 0.4) is 0 Å². The van der Waals surface area contributed by atoms with E-state index in [1.54, 1.807) is 0 Å². The van der Waals surface area contributed by atoms with Crippen LogP contribution in [0.5, 0.6) is 0 Å². The van der Waals surface area contributed by atoms with E-state index in [2.05, 4.69) is 16.3 Å². The van der Waals surface area contributed by atoms with Crippen LogP contribution in [0.2, 0.25) is 0 Å². The third-order valence-electron chi connectivity index (χ3n) is 4.70. The molecule has 1 aliphatic heterocycles. The molecule has 3 rings (SSSR count). The predicted octanol–water partition coefficient (Wildman–Crippen LogP) is 4.55. The third-order valence-corrected chi connectivity index (χ3v) is 4.70. The number of anilines is 2. The summed E-state index contributed by atoms with van der Waals surface area (Å²) in [6.07, 6.45) is 3.74. The molecule has 1 fully saturated rings. The largest absolute Gasteiger partial charge is 0.370 e.